The van der Waals surface area contributed by atoms with Gasteiger partial charge in [0, 0.05) is 60.5 Å². The van der Waals surface area contributed by atoms with Crippen molar-refractivity contribution in [3.8, 4) is 10.6 Å². The van der Waals surface area contributed by atoms with Crippen molar-refractivity contribution in [2.45, 2.75) is 58.0 Å². The summed E-state index contributed by atoms with van der Waals surface area (Å²) in [6.45, 7) is 3.77. The summed E-state index contributed by atoms with van der Waals surface area (Å²) in [7, 11) is 1.71. The number of thiazole rings is 1. The Morgan fingerprint density at radius 1 is 1.30 bits per heavy atom. The number of halogens is 1. The molecule has 4 rings (SSSR count). The molecule has 0 bridgehead atoms. The molecule has 0 spiro atoms. The normalized spacial score (nSPS) is 16.2. The third-order valence-corrected chi connectivity index (χ3v) is 7.80. The highest BCUT2D eigenvalue weighted by atomic mass is 32.1. The van der Waals surface area contributed by atoms with Crippen molar-refractivity contribution in [3.63, 3.8) is 0 Å². The van der Waals surface area contributed by atoms with Crippen LogP contribution in [0, 0.1) is 5.82 Å². The highest BCUT2D eigenvalue weighted by molar-refractivity contribution is 7.22. The predicted octanol–water partition coefficient (Wildman–Crippen LogP) is 5.52. The molecule has 1 N–H and O–H groups in total. The summed E-state index contributed by atoms with van der Waals surface area (Å²) >= 11 is 3.33. The zero-order chi connectivity index (χ0) is 21.1. The molecule has 0 fully saturated rings. The zero-order valence-electron chi connectivity index (χ0n) is 17.4. The molecule has 1 aromatic carbocycles. The number of hydrogen-bond acceptors (Lipinski definition) is 6. The molecule has 3 aromatic rings. The second kappa shape index (κ2) is 9.64. The molecule has 30 heavy (non-hydrogen) atoms. The lowest BCUT2D eigenvalue weighted by molar-refractivity contribution is -0.118. The molecular formula is C23H27FN2O2S2. The van der Waals surface area contributed by atoms with Crippen molar-refractivity contribution in [1.29, 1.82) is 0 Å². The SMILES string of the molecule is COCCCCCC(=O)Cc1sc2c(c1-c1nc3cc(F)ccc3s1)CC(C)NC2. The Morgan fingerprint density at radius 3 is 3.00 bits per heavy atom. The smallest absolute Gasteiger partial charge is 0.138 e. The van der Waals surface area contributed by atoms with Crippen molar-refractivity contribution >= 4 is 38.7 Å². The number of benzene rings is 1. The zero-order valence-corrected chi connectivity index (χ0v) is 19.1. The highest BCUT2D eigenvalue weighted by Gasteiger charge is 2.27. The third-order valence-electron chi connectivity index (χ3n) is 5.51. The number of ether oxygens (including phenoxy) is 1. The van der Waals surface area contributed by atoms with Crippen molar-refractivity contribution in [2.24, 2.45) is 0 Å². The summed E-state index contributed by atoms with van der Waals surface area (Å²) in [6.07, 6.45) is 4.89. The van der Waals surface area contributed by atoms with Crippen LogP contribution in [0.1, 0.15) is 47.9 Å². The molecule has 0 radical (unpaired) electrons. The van der Waals surface area contributed by atoms with E-state index in [0.717, 1.165) is 59.0 Å². The largest absolute Gasteiger partial charge is 0.385 e. The van der Waals surface area contributed by atoms with Gasteiger partial charge in [-0.15, -0.1) is 22.7 Å². The van der Waals surface area contributed by atoms with Gasteiger partial charge in [-0.05, 0) is 43.9 Å². The quantitative estimate of drug-likeness (QED) is 0.440. The maximum atomic E-state index is 13.7. The first kappa shape index (κ1) is 21.6. The van der Waals surface area contributed by atoms with Crippen molar-refractivity contribution in [2.75, 3.05) is 13.7 Å². The summed E-state index contributed by atoms with van der Waals surface area (Å²) in [5, 5.41) is 4.43. The lowest BCUT2D eigenvalue weighted by Crippen LogP contribution is -2.32. The number of aromatic nitrogens is 1. The van der Waals surface area contributed by atoms with E-state index in [-0.39, 0.29) is 11.6 Å². The van der Waals surface area contributed by atoms with E-state index in [1.165, 1.54) is 22.6 Å². The predicted molar refractivity (Wildman–Crippen MR) is 122 cm³/mol. The molecule has 1 atom stereocenters. The number of methoxy groups -OCH3 is 1. The maximum Gasteiger partial charge on any atom is 0.138 e. The fourth-order valence-electron chi connectivity index (χ4n) is 3.97. The molecule has 4 nitrogen and oxygen atoms in total. The van der Waals surface area contributed by atoms with Gasteiger partial charge >= 0.3 is 0 Å². The van der Waals surface area contributed by atoms with E-state index in [9.17, 15) is 9.18 Å². The van der Waals surface area contributed by atoms with Crippen LogP contribution in [0.3, 0.4) is 0 Å². The molecule has 0 saturated carbocycles. The van der Waals surface area contributed by atoms with Gasteiger partial charge in [-0.25, -0.2) is 9.37 Å². The highest BCUT2D eigenvalue weighted by Crippen LogP contribution is 2.42. The van der Waals surface area contributed by atoms with Gasteiger partial charge in [0.2, 0.25) is 0 Å². The van der Waals surface area contributed by atoms with Crippen LogP contribution in [0.4, 0.5) is 4.39 Å². The van der Waals surface area contributed by atoms with Crippen LogP contribution in [-0.4, -0.2) is 30.5 Å². The van der Waals surface area contributed by atoms with Crippen molar-refractivity contribution in [1.82, 2.24) is 10.3 Å². The number of thiophene rings is 1. The molecular weight excluding hydrogens is 419 g/mol. The van der Waals surface area contributed by atoms with Crippen LogP contribution in [-0.2, 0) is 28.9 Å². The van der Waals surface area contributed by atoms with Gasteiger partial charge in [-0.2, -0.15) is 0 Å². The first-order valence-electron chi connectivity index (χ1n) is 10.5. The van der Waals surface area contributed by atoms with E-state index in [0.29, 0.717) is 24.4 Å². The number of carbonyl (C=O) groups is 1. The second-order valence-electron chi connectivity index (χ2n) is 7.94. The Morgan fingerprint density at radius 2 is 2.17 bits per heavy atom. The van der Waals surface area contributed by atoms with Crippen molar-refractivity contribution in [3.05, 3.63) is 39.3 Å². The molecule has 0 saturated heterocycles. The van der Waals surface area contributed by atoms with Crippen LogP contribution in [0.15, 0.2) is 18.2 Å². The minimum absolute atomic E-state index is 0.270. The summed E-state index contributed by atoms with van der Waals surface area (Å²) in [6, 6.07) is 5.15. The number of nitrogens with zero attached hydrogens (tertiary/aromatic N) is 1. The van der Waals surface area contributed by atoms with Crippen LogP contribution >= 0.6 is 22.7 Å². The Hall–Kier alpha value is -1.67. The lowest BCUT2D eigenvalue weighted by atomic mass is 9.97. The van der Waals surface area contributed by atoms with Crippen LogP contribution < -0.4 is 5.32 Å². The number of rotatable bonds is 9. The summed E-state index contributed by atoms with van der Waals surface area (Å²) in [5.41, 5.74) is 3.12. The first-order chi connectivity index (χ1) is 14.5. The number of unbranched alkanes of at least 4 members (excludes halogenated alkanes) is 2. The molecule has 3 heterocycles. The number of Topliss-reactive ketones (excluding diaryl/α,β-unsaturated/α-hetero) is 1. The van der Waals surface area contributed by atoms with Crippen molar-refractivity contribution < 1.29 is 13.9 Å². The number of nitrogens with one attached hydrogen (secondary N) is 1. The average molecular weight is 447 g/mol. The van der Waals surface area contributed by atoms with Crippen LogP contribution in [0.25, 0.3) is 20.8 Å². The molecule has 0 amide bonds. The van der Waals surface area contributed by atoms with Gasteiger partial charge in [0.1, 0.15) is 16.6 Å². The maximum absolute atomic E-state index is 13.7. The Bertz CT molecular complexity index is 1040. The van der Waals surface area contributed by atoms with Gasteiger partial charge in [0.25, 0.3) is 0 Å². The molecule has 2 aromatic heterocycles. The van der Waals surface area contributed by atoms with Gasteiger partial charge in [-0.1, -0.05) is 6.42 Å². The summed E-state index contributed by atoms with van der Waals surface area (Å²) in [5.74, 6) is 0.00817. The minimum atomic E-state index is -0.270. The third kappa shape index (κ3) is 4.80. The van der Waals surface area contributed by atoms with Gasteiger partial charge in [0.05, 0.1) is 10.2 Å². The molecule has 1 aliphatic rings. The minimum Gasteiger partial charge on any atom is -0.385 e. The fraction of sp³-hybridized carbons (Fsp3) is 0.478. The standard InChI is InChI=1S/C23H27FN2O2S2/c1-14-10-17-21(13-25-14)29-20(12-16(27)6-4-3-5-9-28-2)22(17)23-26-18-11-15(24)7-8-19(18)30-23/h7-8,11,14,25H,3-6,9-10,12-13H2,1-2H3. The average Bonchev–Trinajstić information content (AvgIpc) is 3.27. The van der Waals surface area contributed by atoms with Crippen LogP contribution in [0.5, 0.6) is 0 Å². The van der Waals surface area contributed by atoms with E-state index in [1.807, 2.05) is 0 Å². The molecule has 0 aliphatic carbocycles. The first-order valence-corrected chi connectivity index (χ1v) is 12.1. The number of ketones is 1. The number of carbonyl (C=O) groups excluding carboxylic acids is 1. The molecule has 7 heteroatoms. The molecule has 160 valence electrons. The van der Waals surface area contributed by atoms with E-state index in [1.54, 1.807) is 35.8 Å². The Balaban J connectivity index is 1.61. The Kier molecular flexibility index (Phi) is 6.93. The van der Waals surface area contributed by atoms with E-state index in [2.05, 4.69) is 12.2 Å². The lowest BCUT2D eigenvalue weighted by Gasteiger charge is -2.20. The van der Waals surface area contributed by atoms with E-state index >= 15 is 0 Å². The molecule has 1 unspecified atom stereocenters. The monoisotopic (exact) mass is 446 g/mol. The summed E-state index contributed by atoms with van der Waals surface area (Å²) in [4.78, 5) is 19.9. The van der Waals surface area contributed by atoms with Crippen LogP contribution in [0.2, 0.25) is 0 Å². The van der Waals surface area contributed by atoms with E-state index < -0.39 is 0 Å². The van der Waals surface area contributed by atoms with Gasteiger partial charge < -0.3 is 10.1 Å². The second-order valence-corrected chi connectivity index (χ2v) is 10.2. The van der Waals surface area contributed by atoms with Gasteiger partial charge in [0.15, 0.2) is 0 Å². The summed E-state index contributed by atoms with van der Waals surface area (Å²) < 4.78 is 19.7. The Labute approximate surface area is 184 Å². The topological polar surface area (TPSA) is 51.2 Å². The number of fused-ring (bicyclic) bond motifs is 2. The van der Waals surface area contributed by atoms with Gasteiger partial charge in [-0.3, -0.25) is 4.79 Å². The molecule has 1 aliphatic heterocycles. The number of hydrogen-bond donors (Lipinski definition) is 1. The fourth-order valence-corrected chi connectivity index (χ4v) is 6.39. The van der Waals surface area contributed by atoms with E-state index in [4.69, 9.17) is 9.72 Å².